The summed E-state index contributed by atoms with van der Waals surface area (Å²) in [6, 6.07) is 0. The largest absolute Gasteiger partial charge is 0.330 e. The van der Waals surface area contributed by atoms with Gasteiger partial charge in [0.05, 0.1) is 0 Å². The molecule has 6 heavy (non-hydrogen) atoms. The van der Waals surface area contributed by atoms with Gasteiger partial charge < -0.3 is 5.73 Å². The minimum atomic E-state index is 0. The van der Waals surface area contributed by atoms with Crippen molar-refractivity contribution >= 4 is 13.5 Å². The van der Waals surface area contributed by atoms with Crippen molar-refractivity contribution in [1.82, 2.24) is 0 Å². The van der Waals surface area contributed by atoms with E-state index in [1.165, 1.54) is 12.8 Å². The summed E-state index contributed by atoms with van der Waals surface area (Å²) in [4.78, 5) is 0. The normalized spacial score (nSPS) is 7.00. The Morgan fingerprint density at radius 1 is 1.50 bits per heavy atom. The van der Waals surface area contributed by atoms with Crippen LogP contribution in [0.15, 0.2) is 0 Å². The van der Waals surface area contributed by atoms with Crippen LogP contribution in [0.4, 0.5) is 0 Å². The van der Waals surface area contributed by atoms with E-state index in [1.54, 1.807) is 0 Å². The highest BCUT2D eigenvalue weighted by Crippen LogP contribution is 1.77. The third kappa shape index (κ3) is 8.85. The predicted molar refractivity (Wildman–Crippen MR) is 34.3 cm³/mol. The molecule has 0 amide bonds. The summed E-state index contributed by atoms with van der Waals surface area (Å²) in [7, 11) is 0. The Kier molecular flexibility index (Phi) is 14.4. The zero-order valence-electron chi connectivity index (χ0n) is 4.20. The molecule has 0 rings (SSSR count). The van der Waals surface area contributed by atoms with Gasteiger partial charge in [-0.3, -0.25) is 0 Å². The molecule has 40 valence electrons. The Balaban J connectivity index is 0. The first-order chi connectivity index (χ1) is 2.41. The van der Waals surface area contributed by atoms with Gasteiger partial charge in [0.15, 0.2) is 0 Å². The van der Waals surface area contributed by atoms with Crippen LogP contribution in [-0.2, 0) is 0 Å². The van der Waals surface area contributed by atoms with E-state index in [4.69, 9.17) is 5.73 Å². The molecular weight excluding hydrogens is 94.1 g/mol. The van der Waals surface area contributed by atoms with Gasteiger partial charge in [-0.1, -0.05) is 13.3 Å². The van der Waals surface area contributed by atoms with E-state index < -0.39 is 0 Å². The van der Waals surface area contributed by atoms with Gasteiger partial charge in [-0.05, 0) is 13.0 Å². The molecule has 0 spiro atoms. The van der Waals surface area contributed by atoms with Crippen LogP contribution in [0, 0.1) is 0 Å². The number of hydrogen-bond donors (Lipinski definition) is 1. The van der Waals surface area contributed by atoms with Gasteiger partial charge >= 0.3 is 0 Å². The molecule has 0 aliphatic heterocycles. The van der Waals surface area contributed by atoms with Gasteiger partial charge in [0.2, 0.25) is 0 Å². The first-order valence-corrected chi connectivity index (χ1v) is 2.12. The number of rotatable bonds is 2. The van der Waals surface area contributed by atoms with Gasteiger partial charge in [-0.25, -0.2) is 0 Å². The molecule has 0 aromatic heterocycles. The molecule has 0 aliphatic rings. The Morgan fingerprint density at radius 2 is 2.00 bits per heavy atom. The maximum Gasteiger partial charge on any atom is -0.00774 e. The second-order valence-corrected chi connectivity index (χ2v) is 1.14. The first-order valence-electron chi connectivity index (χ1n) is 2.12. The maximum atomic E-state index is 5.14. The van der Waals surface area contributed by atoms with E-state index in [9.17, 15) is 0 Å². The lowest BCUT2D eigenvalue weighted by Gasteiger charge is -1.80. The fourth-order valence-corrected chi connectivity index (χ4v) is 0.204. The molecule has 0 fully saturated rings. The van der Waals surface area contributed by atoms with Crippen LogP contribution in [0.2, 0.25) is 0 Å². The van der Waals surface area contributed by atoms with Crippen molar-refractivity contribution in [2.75, 3.05) is 6.54 Å². The average molecular weight is 107 g/mol. The van der Waals surface area contributed by atoms with E-state index in [2.05, 4.69) is 6.92 Å². The van der Waals surface area contributed by atoms with Crippen LogP contribution in [-0.4, -0.2) is 6.54 Å². The third-order valence-electron chi connectivity index (χ3n) is 0.558. The molecule has 0 aliphatic carbocycles. The summed E-state index contributed by atoms with van der Waals surface area (Å²) >= 11 is 0. The standard InChI is InChI=1S/C4H11N.H2S/c1-2-3-4-5;/h2-5H2,1H3;1H2. The smallest absolute Gasteiger partial charge is 0.00774 e. The molecule has 0 atom stereocenters. The third-order valence-corrected chi connectivity index (χ3v) is 0.558. The van der Waals surface area contributed by atoms with Crippen molar-refractivity contribution in [3.05, 3.63) is 0 Å². The molecular formula is C4H13NS. The summed E-state index contributed by atoms with van der Waals surface area (Å²) < 4.78 is 0. The fourth-order valence-electron chi connectivity index (χ4n) is 0.204. The van der Waals surface area contributed by atoms with Crippen molar-refractivity contribution in [2.24, 2.45) is 5.73 Å². The second-order valence-electron chi connectivity index (χ2n) is 1.14. The van der Waals surface area contributed by atoms with Crippen molar-refractivity contribution in [2.45, 2.75) is 19.8 Å². The lowest BCUT2D eigenvalue weighted by Crippen LogP contribution is -1.95. The van der Waals surface area contributed by atoms with Crippen LogP contribution in [0.3, 0.4) is 0 Å². The molecule has 0 aromatic carbocycles. The van der Waals surface area contributed by atoms with Crippen molar-refractivity contribution in [1.29, 1.82) is 0 Å². The van der Waals surface area contributed by atoms with Gasteiger partial charge in [0.25, 0.3) is 0 Å². The fraction of sp³-hybridized carbons (Fsp3) is 1.00. The van der Waals surface area contributed by atoms with Crippen molar-refractivity contribution in [3.63, 3.8) is 0 Å². The van der Waals surface area contributed by atoms with E-state index >= 15 is 0 Å². The highest BCUT2D eigenvalue weighted by Gasteiger charge is 1.67. The van der Waals surface area contributed by atoms with Crippen molar-refractivity contribution in [3.8, 4) is 0 Å². The summed E-state index contributed by atoms with van der Waals surface area (Å²) in [5.74, 6) is 0. The molecule has 2 heteroatoms. The van der Waals surface area contributed by atoms with Crippen LogP contribution < -0.4 is 5.73 Å². The van der Waals surface area contributed by atoms with Gasteiger partial charge in [-0.15, -0.1) is 0 Å². The molecule has 0 unspecified atom stereocenters. The molecule has 2 N–H and O–H groups in total. The summed E-state index contributed by atoms with van der Waals surface area (Å²) in [6.45, 7) is 2.98. The minimum Gasteiger partial charge on any atom is -0.330 e. The molecule has 0 bridgehead atoms. The van der Waals surface area contributed by atoms with E-state index in [1.807, 2.05) is 0 Å². The highest BCUT2D eigenvalue weighted by molar-refractivity contribution is 7.59. The molecule has 0 radical (unpaired) electrons. The number of nitrogens with two attached hydrogens (primary N) is 1. The van der Waals surface area contributed by atoms with E-state index in [-0.39, 0.29) is 13.5 Å². The predicted octanol–water partition coefficient (Wildman–Crippen LogP) is 0.858. The van der Waals surface area contributed by atoms with Crippen LogP contribution in [0.1, 0.15) is 19.8 Å². The molecule has 0 saturated carbocycles. The Morgan fingerprint density at radius 3 is 2.00 bits per heavy atom. The zero-order valence-corrected chi connectivity index (χ0v) is 5.20. The lowest BCUT2D eigenvalue weighted by molar-refractivity contribution is 0.807. The van der Waals surface area contributed by atoms with E-state index in [0.29, 0.717) is 0 Å². The van der Waals surface area contributed by atoms with Gasteiger partial charge in [-0.2, -0.15) is 13.5 Å². The average Bonchev–Trinajstić information content (AvgIpc) is 1.41. The lowest BCUT2D eigenvalue weighted by atomic mass is 10.3. The van der Waals surface area contributed by atoms with Crippen LogP contribution in [0.25, 0.3) is 0 Å². The number of hydrogen-bond acceptors (Lipinski definition) is 1. The topological polar surface area (TPSA) is 26.0 Å². The van der Waals surface area contributed by atoms with Crippen molar-refractivity contribution < 1.29 is 0 Å². The Bertz CT molecular complexity index is 15.0. The van der Waals surface area contributed by atoms with Gasteiger partial charge in [0.1, 0.15) is 0 Å². The monoisotopic (exact) mass is 107 g/mol. The summed E-state index contributed by atoms with van der Waals surface area (Å²) in [5.41, 5.74) is 5.14. The zero-order chi connectivity index (χ0) is 4.12. The van der Waals surface area contributed by atoms with E-state index in [0.717, 1.165) is 6.54 Å². The second kappa shape index (κ2) is 9.00. The first kappa shape index (κ1) is 9.58. The van der Waals surface area contributed by atoms with Gasteiger partial charge in [0, 0.05) is 0 Å². The minimum absolute atomic E-state index is 0. The molecule has 0 heterocycles. The Hall–Kier alpha value is 0.310. The number of unbranched alkanes of at least 4 members (excludes halogenated alkanes) is 1. The molecule has 0 saturated heterocycles. The summed E-state index contributed by atoms with van der Waals surface area (Å²) in [6.07, 6.45) is 2.39. The Labute approximate surface area is 46.4 Å². The van der Waals surface area contributed by atoms with Crippen LogP contribution in [0.5, 0.6) is 0 Å². The highest BCUT2D eigenvalue weighted by atomic mass is 32.1. The molecule has 0 aromatic rings. The quantitative estimate of drug-likeness (QED) is 0.556. The summed E-state index contributed by atoms with van der Waals surface area (Å²) in [5, 5.41) is 0. The SMILES string of the molecule is CCCCN.S. The van der Waals surface area contributed by atoms with Crippen LogP contribution >= 0.6 is 13.5 Å². The maximum absolute atomic E-state index is 5.14. The molecule has 1 nitrogen and oxygen atoms in total.